The molecule has 1 aliphatic rings. The first-order valence-electron chi connectivity index (χ1n) is 3.71. The molecule has 4 atom stereocenters. The van der Waals surface area contributed by atoms with E-state index in [2.05, 4.69) is 9.26 Å². The highest BCUT2D eigenvalue weighted by Crippen LogP contribution is 2.36. The van der Waals surface area contributed by atoms with Crippen LogP contribution in [-0.4, -0.2) is 56.3 Å². The summed E-state index contributed by atoms with van der Waals surface area (Å²) in [6.07, 6.45) is -5.67. The van der Waals surface area contributed by atoms with Gasteiger partial charge in [0.15, 0.2) is 6.29 Å². The molecule has 9 heteroatoms. The molecule has 84 valence electrons. The number of hydrogen-bond donors (Lipinski definition) is 5. The van der Waals surface area contributed by atoms with Gasteiger partial charge in [0.2, 0.25) is 0 Å². The topological polar surface area (TPSA) is 137 Å². The van der Waals surface area contributed by atoms with Crippen LogP contribution < -0.4 is 0 Å². The minimum Gasteiger partial charge on any atom is -0.387 e. The molecule has 1 saturated heterocycles. The monoisotopic (exact) mass is 230 g/mol. The lowest BCUT2D eigenvalue weighted by Gasteiger charge is -2.14. The van der Waals surface area contributed by atoms with Crippen molar-refractivity contribution in [1.82, 2.24) is 0 Å². The molecule has 0 aromatic heterocycles. The van der Waals surface area contributed by atoms with Gasteiger partial charge in [0.05, 0.1) is 6.61 Å². The molecule has 0 aromatic rings. The van der Waals surface area contributed by atoms with Crippen LogP contribution >= 0.6 is 7.82 Å². The third-order valence-electron chi connectivity index (χ3n) is 1.74. The van der Waals surface area contributed by atoms with Crippen molar-refractivity contribution >= 4 is 7.82 Å². The van der Waals surface area contributed by atoms with Crippen LogP contribution in [0, 0.1) is 0 Å². The molecular formula is C5H11O8P. The van der Waals surface area contributed by atoms with Crippen LogP contribution in [0.4, 0.5) is 0 Å². The Morgan fingerprint density at radius 3 is 2.14 bits per heavy atom. The number of rotatable bonds is 3. The van der Waals surface area contributed by atoms with Crippen LogP contribution in [0.1, 0.15) is 0 Å². The van der Waals surface area contributed by atoms with E-state index in [4.69, 9.17) is 25.1 Å². The first kappa shape index (κ1) is 12.0. The second kappa shape index (κ2) is 4.21. The molecular weight excluding hydrogens is 219 g/mol. The van der Waals surface area contributed by atoms with Gasteiger partial charge in [0.1, 0.15) is 18.3 Å². The van der Waals surface area contributed by atoms with Gasteiger partial charge in [0.25, 0.3) is 0 Å². The van der Waals surface area contributed by atoms with Gasteiger partial charge in [-0.15, -0.1) is 0 Å². The molecule has 8 nitrogen and oxygen atoms in total. The first-order valence-corrected chi connectivity index (χ1v) is 5.24. The maximum atomic E-state index is 10.3. The lowest BCUT2D eigenvalue weighted by atomic mass is 10.1. The van der Waals surface area contributed by atoms with Gasteiger partial charge >= 0.3 is 7.82 Å². The van der Waals surface area contributed by atoms with Crippen LogP contribution in [0.3, 0.4) is 0 Å². The van der Waals surface area contributed by atoms with Gasteiger partial charge in [-0.25, -0.2) is 4.57 Å². The average molecular weight is 230 g/mol. The van der Waals surface area contributed by atoms with E-state index in [0.29, 0.717) is 0 Å². The Balaban J connectivity index is 2.44. The Kier molecular flexibility index (Phi) is 3.62. The molecule has 0 bridgehead atoms. The van der Waals surface area contributed by atoms with Crippen molar-refractivity contribution in [2.75, 3.05) is 6.61 Å². The second-order valence-electron chi connectivity index (χ2n) is 2.83. The fraction of sp³-hybridized carbons (Fsp3) is 1.00. The minimum atomic E-state index is -4.64. The molecule has 0 aromatic carbocycles. The number of ether oxygens (including phenoxy) is 1. The fourth-order valence-corrected chi connectivity index (χ4v) is 1.38. The Hall–Kier alpha value is -0.0500. The second-order valence-corrected chi connectivity index (χ2v) is 4.07. The molecule has 1 heterocycles. The smallest absolute Gasteiger partial charge is 0.387 e. The Morgan fingerprint density at radius 2 is 1.79 bits per heavy atom. The summed E-state index contributed by atoms with van der Waals surface area (Å²) < 4.78 is 18.9. The van der Waals surface area contributed by atoms with Crippen molar-refractivity contribution < 1.29 is 38.9 Å². The van der Waals surface area contributed by atoms with Crippen molar-refractivity contribution in [3.05, 3.63) is 0 Å². The predicted molar refractivity (Wildman–Crippen MR) is 40.9 cm³/mol. The zero-order valence-corrected chi connectivity index (χ0v) is 7.82. The maximum Gasteiger partial charge on any atom is 0.469 e. The Morgan fingerprint density at radius 1 is 1.21 bits per heavy atom. The average Bonchev–Trinajstić information content (AvgIpc) is 2.28. The van der Waals surface area contributed by atoms with E-state index in [0.717, 1.165) is 0 Å². The molecule has 0 saturated carbocycles. The molecule has 1 aliphatic heterocycles. The summed E-state index contributed by atoms with van der Waals surface area (Å²) in [5.74, 6) is 0. The van der Waals surface area contributed by atoms with E-state index >= 15 is 0 Å². The minimum absolute atomic E-state index is 0.612. The van der Waals surface area contributed by atoms with Gasteiger partial charge in [-0.1, -0.05) is 0 Å². The standard InChI is InChI=1S/C5H11O8P/c6-3-2(1-12-14(9,10)11)13-5(8)4(3)7/h2-8H,1H2,(H2,9,10,11)/t2-,3+,4-,5-/m0/s1. The van der Waals surface area contributed by atoms with Crippen molar-refractivity contribution in [2.45, 2.75) is 24.6 Å². The van der Waals surface area contributed by atoms with Crippen molar-refractivity contribution in [2.24, 2.45) is 0 Å². The Bertz CT molecular complexity index is 238. The van der Waals surface area contributed by atoms with E-state index in [-0.39, 0.29) is 0 Å². The molecule has 0 spiro atoms. The quantitative estimate of drug-likeness (QED) is 0.336. The van der Waals surface area contributed by atoms with Gasteiger partial charge < -0.3 is 29.8 Å². The number of aliphatic hydroxyl groups is 3. The normalized spacial score (nSPS) is 38.9. The lowest BCUT2D eigenvalue weighted by molar-refractivity contribution is -0.132. The highest BCUT2D eigenvalue weighted by Gasteiger charge is 2.42. The van der Waals surface area contributed by atoms with Crippen LogP contribution in [-0.2, 0) is 13.8 Å². The molecule has 1 rings (SSSR count). The highest BCUT2D eigenvalue weighted by atomic mass is 31.2. The van der Waals surface area contributed by atoms with Crippen LogP contribution in [0.5, 0.6) is 0 Å². The number of phosphoric acid groups is 1. The number of phosphoric ester groups is 1. The van der Waals surface area contributed by atoms with Gasteiger partial charge in [-0.3, -0.25) is 4.52 Å². The van der Waals surface area contributed by atoms with E-state index in [9.17, 15) is 4.57 Å². The van der Waals surface area contributed by atoms with E-state index in [1.807, 2.05) is 0 Å². The van der Waals surface area contributed by atoms with E-state index in [1.165, 1.54) is 0 Å². The van der Waals surface area contributed by atoms with Crippen molar-refractivity contribution in [1.29, 1.82) is 0 Å². The summed E-state index contributed by atoms with van der Waals surface area (Å²) in [4.78, 5) is 16.6. The molecule has 0 radical (unpaired) electrons. The summed E-state index contributed by atoms with van der Waals surface area (Å²) >= 11 is 0. The highest BCUT2D eigenvalue weighted by molar-refractivity contribution is 7.46. The summed E-state index contributed by atoms with van der Waals surface area (Å²) in [7, 11) is -4.64. The van der Waals surface area contributed by atoms with Gasteiger partial charge in [-0.05, 0) is 0 Å². The zero-order chi connectivity index (χ0) is 10.9. The first-order chi connectivity index (χ1) is 6.31. The Labute approximate surface area is 78.9 Å². The number of hydrogen-bond acceptors (Lipinski definition) is 6. The van der Waals surface area contributed by atoms with Gasteiger partial charge in [0, 0.05) is 0 Å². The number of aliphatic hydroxyl groups excluding tert-OH is 3. The third kappa shape index (κ3) is 2.97. The summed E-state index contributed by atoms with van der Waals surface area (Å²) in [6, 6.07) is 0. The summed E-state index contributed by atoms with van der Waals surface area (Å²) in [5.41, 5.74) is 0. The van der Waals surface area contributed by atoms with Crippen LogP contribution in [0.2, 0.25) is 0 Å². The van der Waals surface area contributed by atoms with E-state index in [1.54, 1.807) is 0 Å². The van der Waals surface area contributed by atoms with Crippen molar-refractivity contribution in [3.8, 4) is 0 Å². The fourth-order valence-electron chi connectivity index (χ4n) is 1.04. The lowest BCUT2D eigenvalue weighted by Crippen LogP contribution is -2.34. The largest absolute Gasteiger partial charge is 0.469 e. The maximum absolute atomic E-state index is 10.3. The SMILES string of the molecule is O=P(O)(O)OC[C@@H]1O[C@H](O)[C@@H](O)[C@@H]1O. The van der Waals surface area contributed by atoms with Crippen molar-refractivity contribution in [3.63, 3.8) is 0 Å². The van der Waals surface area contributed by atoms with Crippen LogP contribution in [0.15, 0.2) is 0 Å². The summed E-state index contributed by atoms with van der Waals surface area (Å²) in [6.45, 7) is -0.612. The third-order valence-corrected chi connectivity index (χ3v) is 2.23. The molecule has 0 aliphatic carbocycles. The van der Waals surface area contributed by atoms with Gasteiger partial charge in [-0.2, -0.15) is 0 Å². The van der Waals surface area contributed by atoms with Crippen LogP contribution in [0.25, 0.3) is 0 Å². The molecule has 14 heavy (non-hydrogen) atoms. The summed E-state index contributed by atoms with van der Waals surface area (Å²) in [5, 5.41) is 27.0. The molecule has 1 fully saturated rings. The molecule has 5 N–H and O–H groups in total. The zero-order valence-electron chi connectivity index (χ0n) is 6.92. The molecule has 0 amide bonds. The molecule has 0 unspecified atom stereocenters. The van der Waals surface area contributed by atoms with E-state index < -0.39 is 39.0 Å². The predicted octanol–water partition coefficient (Wildman–Crippen LogP) is -2.47.